The van der Waals surface area contributed by atoms with Crippen LogP contribution in [0.1, 0.15) is 12.5 Å². The van der Waals surface area contributed by atoms with E-state index < -0.39 is 0 Å². The van der Waals surface area contributed by atoms with E-state index in [1.165, 1.54) is 0 Å². The third kappa shape index (κ3) is 5.84. The summed E-state index contributed by atoms with van der Waals surface area (Å²) in [6.45, 7) is 2.29. The molecule has 0 aromatic heterocycles. The fourth-order valence-electron chi connectivity index (χ4n) is 2.06. The molecule has 0 aliphatic rings. The maximum atomic E-state index is 11.8. The molecule has 2 aromatic rings. The maximum absolute atomic E-state index is 11.8. The number of rotatable bonds is 8. The Morgan fingerprint density at radius 2 is 1.72 bits per heavy atom. The van der Waals surface area contributed by atoms with Crippen LogP contribution in [0.2, 0.25) is 0 Å². The summed E-state index contributed by atoms with van der Waals surface area (Å²) in [7, 11) is 3.96. The summed E-state index contributed by atoms with van der Waals surface area (Å²) in [4.78, 5) is 13.8. The van der Waals surface area contributed by atoms with Gasteiger partial charge in [-0.25, -0.2) is 5.43 Å². The number of carbonyl (C=O) groups excluding carboxylic acids is 1. The van der Waals surface area contributed by atoms with Gasteiger partial charge >= 0.3 is 0 Å². The van der Waals surface area contributed by atoms with E-state index in [0.29, 0.717) is 18.1 Å². The number of ether oxygens (including phenoxy) is 2. The molecule has 1 N–H and O–H groups in total. The molecule has 2 rings (SSSR count). The normalized spacial score (nSPS) is 10.5. The zero-order chi connectivity index (χ0) is 18.1. The molecule has 0 spiro atoms. The highest BCUT2D eigenvalue weighted by Gasteiger charge is 2.06. The summed E-state index contributed by atoms with van der Waals surface area (Å²) in [5.41, 5.74) is 4.44. The molecular weight excluding hydrogens is 318 g/mol. The first kappa shape index (κ1) is 18.3. The van der Waals surface area contributed by atoms with E-state index in [1.54, 1.807) is 18.3 Å². The third-order valence-electron chi connectivity index (χ3n) is 3.32. The SMILES string of the molecule is CCOc1ccccc1OCC(=O)NN=Cc1ccc(N(C)C)cc1. The quantitative estimate of drug-likeness (QED) is 0.592. The van der Waals surface area contributed by atoms with E-state index in [9.17, 15) is 4.79 Å². The molecule has 0 aliphatic carbocycles. The molecule has 1 amide bonds. The molecule has 0 heterocycles. The monoisotopic (exact) mass is 341 g/mol. The van der Waals surface area contributed by atoms with Gasteiger partial charge in [-0.15, -0.1) is 0 Å². The van der Waals surface area contributed by atoms with Gasteiger partial charge in [0, 0.05) is 19.8 Å². The topological polar surface area (TPSA) is 63.2 Å². The molecule has 6 nitrogen and oxygen atoms in total. The standard InChI is InChI=1S/C19H23N3O3/c1-4-24-17-7-5-6-8-18(17)25-14-19(23)21-20-13-15-9-11-16(12-10-15)22(2)3/h5-13H,4,14H2,1-3H3,(H,21,23). The predicted molar refractivity (Wildman–Crippen MR) is 99.6 cm³/mol. The maximum Gasteiger partial charge on any atom is 0.277 e. The zero-order valence-corrected chi connectivity index (χ0v) is 14.7. The number of anilines is 1. The Morgan fingerprint density at radius 3 is 2.32 bits per heavy atom. The molecule has 6 heteroatoms. The molecule has 0 atom stereocenters. The smallest absolute Gasteiger partial charge is 0.277 e. The number of hydrogen-bond donors (Lipinski definition) is 1. The summed E-state index contributed by atoms with van der Waals surface area (Å²) in [5.74, 6) is 0.803. The zero-order valence-electron chi connectivity index (χ0n) is 14.7. The first-order valence-electron chi connectivity index (χ1n) is 8.04. The summed E-state index contributed by atoms with van der Waals surface area (Å²) in [6.07, 6.45) is 1.59. The lowest BCUT2D eigenvalue weighted by Crippen LogP contribution is -2.24. The van der Waals surface area contributed by atoms with E-state index in [-0.39, 0.29) is 12.5 Å². The number of nitrogens with zero attached hydrogens (tertiary/aromatic N) is 2. The van der Waals surface area contributed by atoms with Gasteiger partial charge in [0.25, 0.3) is 5.91 Å². The highest BCUT2D eigenvalue weighted by molar-refractivity contribution is 5.83. The number of amides is 1. The van der Waals surface area contributed by atoms with E-state index in [1.807, 2.05) is 62.3 Å². The van der Waals surface area contributed by atoms with Crippen LogP contribution in [0.3, 0.4) is 0 Å². The lowest BCUT2D eigenvalue weighted by atomic mass is 10.2. The van der Waals surface area contributed by atoms with Gasteiger partial charge in [-0.2, -0.15) is 5.10 Å². The van der Waals surface area contributed by atoms with Crippen LogP contribution in [0.5, 0.6) is 11.5 Å². The van der Waals surface area contributed by atoms with Crippen molar-refractivity contribution in [3.8, 4) is 11.5 Å². The van der Waals surface area contributed by atoms with E-state index in [4.69, 9.17) is 9.47 Å². The first-order valence-corrected chi connectivity index (χ1v) is 8.04. The predicted octanol–water partition coefficient (Wildman–Crippen LogP) is 2.68. The van der Waals surface area contributed by atoms with Crippen molar-refractivity contribution in [1.29, 1.82) is 0 Å². The Labute approximate surface area is 148 Å². The number of nitrogens with one attached hydrogen (secondary N) is 1. The van der Waals surface area contributed by atoms with E-state index >= 15 is 0 Å². The number of hydrogen-bond acceptors (Lipinski definition) is 5. The van der Waals surface area contributed by atoms with Crippen LogP contribution in [0.25, 0.3) is 0 Å². The lowest BCUT2D eigenvalue weighted by Gasteiger charge is -2.11. The fourth-order valence-corrected chi connectivity index (χ4v) is 2.06. The number of benzene rings is 2. The summed E-state index contributed by atoms with van der Waals surface area (Å²) in [5, 5.41) is 3.94. The van der Waals surface area contributed by atoms with Crippen molar-refractivity contribution in [2.24, 2.45) is 5.10 Å². The van der Waals surface area contributed by atoms with Crippen LogP contribution in [0, 0.1) is 0 Å². The number of carbonyl (C=O) groups is 1. The number of para-hydroxylation sites is 2. The average molecular weight is 341 g/mol. The van der Waals surface area contributed by atoms with E-state index in [0.717, 1.165) is 11.3 Å². The molecule has 0 fully saturated rings. The molecule has 0 radical (unpaired) electrons. The minimum Gasteiger partial charge on any atom is -0.490 e. The molecule has 0 saturated heterocycles. The number of hydrazone groups is 1. The highest BCUT2D eigenvalue weighted by atomic mass is 16.5. The van der Waals surface area contributed by atoms with Gasteiger partial charge in [0.15, 0.2) is 18.1 Å². The molecule has 25 heavy (non-hydrogen) atoms. The molecule has 0 bridgehead atoms. The summed E-state index contributed by atoms with van der Waals surface area (Å²) in [6, 6.07) is 15.1. The second-order valence-corrected chi connectivity index (χ2v) is 5.45. The van der Waals surface area contributed by atoms with Gasteiger partial charge in [0.05, 0.1) is 12.8 Å². The van der Waals surface area contributed by atoms with E-state index in [2.05, 4.69) is 10.5 Å². The van der Waals surface area contributed by atoms with Crippen LogP contribution < -0.4 is 19.8 Å². The lowest BCUT2D eigenvalue weighted by molar-refractivity contribution is -0.123. The fraction of sp³-hybridized carbons (Fsp3) is 0.263. The minimum atomic E-state index is -0.340. The van der Waals surface area contributed by atoms with Crippen molar-refractivity contribution in [1.82, 2.24) is 5.43 Å². The second-order valence-electron chi connectivity index (χ2n) is 5.45. The van der Waals surface area contributed by atoms with Gasteiger partial charge in [0.2, 0.25) is 0 Å². The van der Waals surface area contributed by atoms with Crippen molar-refractivity contribution in [3.05, 3.63) is 54.1 Å². The molecule has 0 saturated carbocycles. The Morgan fingerprint density at radius 1 is 1.08 bits per heavy atom. The Kier molecular flexibility index (Phi) is 6.83. The third-order valence-corrected chi connectivity index (χ3v) is 3.32. The van der Waals surface area contributed by atoms with Crippen LogP contribution in [0.4, 0.5) is 5.69 Å². The summed E-state index contributed by atoms with van der Waals surface area (Å²) < 4.78 is 10.9. The van der Waals surface area contributed by atoms with Gasteiger partial charge < -0.3 is 14.4 Å². The molecule has 0 aliphatic heterocycles. The second kappa shape index (κ2) is 9.32. The van der Waals surface area contributed by atoms with Crippen LogP contribution in [-0.4, -0.2) is 39.4 Å². The van der Waals surface area contributed by atoms with Gasteiger partial charge in [-0.3, -0.25) is 4.79 Å². The van der Waals surface area contributed by atoms with Gasteiger partial charge in [-0.05, 0) is 36.8 Å². The molecule has 132 valence electrons. The minimum absolute atomic E-state index is 0.138. The first-order chi connectivity index (χ1) is 12.1. The molecular formula is C19H23N3O3. The van der Waals surface area contributed by atoms with Gasteiger partial charge in [-0.1, -0.05) is 24.3 Å². The molecule has 0 unspecified atom stereocenters. The van der Waals surface area contributed by atoms with Crippen LogP contribution >= 0.6 is 0 Å². The highest BCUT2D eigenvalue weighted by Crippen LogP contribution is 2.26. The molecule has 2 aromatic carbocycles. The Balaban J connectivity index is 1.82. The van der Waals surface area contributed by atoms with Crippen molar-refractivity contribution in [2.75, 3.05) is 32.2 Å². The van der Waals surface area contributed by atoms with Gasteiger partial charge in [0.1, 0.15) is 0 Å². The van der Waals surface area contributed by atoms with Crippen molar-refractivity contribution in [2.45, 2.75) is 6.92 Å². The van der Waals surface area contributed by atoms with Crippen molar-refractivity contribution < 1.29 is 14.3 Å². The van der Waals surface area contributed by atoms with Crippen molar-refractivity contribution >= 4 is 17.8 Å². The van der Waals surface area contributed by atoms with Crippen LogP contribution in [0.15, 0.2) is 53.6 Å². The Bertz CT molecular complexity index is 712. The Hall–Kier alpha value is -3.02. The summed E-state index contributed by atoms with van der Waals surface area (Å²) >= 11 is 0. The largest absolute Gasteiger partial charge is 0.490 e. The average Bonchev–Trinajstić information content (AvgIpc) is 2.62. The van der Waals surface area contributed by atoms with Crippen LogP contribution in [-0.2, 0) is 4.79 Å². The van der Waals surface area contributed by atoms with Crippen molar-refractivity contribution in [3.63, 3.8) is 0 Å².